The summed E-state index contributed by atoms with van der Waals surface area (Å²) in [5.74, 6) is -1.90. The molecule has 45 heavy (non-hydrogen) atoms. The highest BCUT2D eigenvalue weighted by molar-refractivity contribution is 7.86. The van der Waals surface area contributed by atoms with Gasteiger partial charge in [0, 0.05) is 17.7 Å². The molecule has 0 spiro atoms. The number of ketones is 1. The van der Waals surface area contributed by atoms with Crippen molar-refractivity contribution in [3.63, 3.8) is 0 Å². The normalized spacial score (nSPS) is 25.9. The highest BCUT2D eigenvalue weighted by Crippen LogP contribution is 2.32. The van der Waals surface area contributed by atoms with Crippen LogP contribution in [0.4, 0.5) is 0 Å². The van der Waals surface area contributed by atoms with Gasteiger partial charge < -0.3 is 14.9 Å². The van der Waals surface area contributed by atoms with E-state index in [4.69, 9.17) is 8.92 Å². The number of rotatable bonds is 6. The third-order valence-electron chi connectivity index (χ3n) is 8.25. The molecule has 246 valence electrons. The fraction of sp³-hybridized carbons (Fsp3) is 0.500. The first-order chi connectivity index (χ1) is 21.0. The Hall–Kier alpha value is -2.96. The lowest BCUT2D eigenvalue weighted by Gasteiger charge is -2.34. The minimum absolute atomic E-state index is 0.0696. The van der Waals surface area contributed by atoms with Crippen molar-refractivity contribution >= 4 is 39.3 Å². The third kappa shape index (κ3) is 10.0. The molecule has 1 aromatic heterocycles. The van der Waals surface area contributed by atoms with Gasteiger partial charge in [-0.3, -0.25) is 13.8 Å². The maximum Gasteiger partial charge on any atom is 0.309 e. The van der Waals surface area contributed by atoms with Crippen molar-refractivity contribution in [3.8, 4) is 0 Å². The fourth-order valence-electron chi connectivity index (χ4n) is 5.00. The second-order valence-electron chi connectivity index (χ2n) is 12.4. The number of allylic oxidation sites excluding steroid dienone is 3. The SMILES string of the molecule is CC1=CC[C@@H](/C(C)=C/c2csc(COS(=O)(=O)c3ccc(C)cc3)n2)OC(=O)C[C@H](O)C(C)(C)C(=O)[C@H](C)[C@@H](O)[C@@H](C)CC=C1. The van der Waals surface area contributed by atoms with Crippen LogP contribution >= 0.6 is 11.3 Å². The number of aliphatic hydroxyl groups is 2. The number of nitrogens with zero attached hydrogens (tertiary/aromatic N) is 1. The molecule has 5 atom stereocenters. The van der Waals surface area contributed by atoms with Crippen LogP contribution in [0.2, 0.25) is 0 Å². The Balaban J connectivity index is 1.81. The van der Waals surface area contributed by atoms with Crippen LogP contribution < -0.4 is 0 Å². The summed E-state index contributed by atoms with van der Waals surface area (Å²) in [5.41, 5.74) is 1.84. The van der Waals surface area contributed by atoms with Gasteiger partial charge in [0.25, 0.3) is 10.1 Å². The van der Waals surface area contributed by atoms with Crippen molar-refractivity contribution in [2.24, 2.45) is 17.3 Å². The molecule has 0 aliphatic carbocycles. The van der Waals surface area contributed by atoms with E-state index in [0.29, 0.717) is 29.1 Å². The molecule has 0 amide bonds. The van der Waals surface area contributed by atoms with Crippen LogP contribution in [0.3, 0.4) is 0 Å². The number of thiazole rings is 1. The molecule has 1 aliphatic rings. The fourth-order valence-corrected chi connectivity index (χ4v) is 6.61. The minimum Gasteiger partial charge on any atom is -0.457 e. The van der Waals surface area contributed by atoms with Crippen LogP contribution in [-0.4, -0.2) is 53.7 Å². The summed E-state index contributed by atoms with van der Waals surface area (Å²) >= 11 is 1.25. The van der Waals surface area contributed by atoms with Crippen LogP contribution in [0, 0.1) is 24.2 Å². The summed E-state index contributed by atoms with van der Waals surface area (Å²) in [7, 11) is -3.94. The van der Waals surface area contributed by atoms with Gasteiger partial charge in [-0.1, -0.05) is 69.2 Å². The second kappa shape index (κ2) is 15.6. The Bertz CT molecular complexity index is 1540. The molecule has 9 nitrogen and oxygen atoms in total. The minimum atomic E-state index is -3.94. The van der Waals surface area contributed by atoms with Crippen molar-refractivity contribution in [1.29, 1.82) is 0 Å². The van der Waals surface area contributed by atoms with Crippen LogP contribution in [0.15, 0.2) is 63.9 Å². The molecule has 1 aromatic carbocycles. The first-order valence-electron chi connectivity index (χ1n) is 15.0. The lowest BCUT2D eigenvalue weighted by atomic mass is 9.73. The van der Waals surface area contributed by atoms with Gasteiger partial charge in [-0.05, 0) is 56.9 Å². The smallest absolute Gasteiger partial charge is 0.309 e. The van der Waals surface area contributed by atoms with E-state index in [1.807, 2.05) is 39.0 Å². The predicted octanol–water partition coefficient (Wildman–Crippen LogP) is 5.95. The molecule has 2 N–H and O–H groups in total. The van der Waals surface area contributed by atoms with E-state index in [2.05, 4.69) is 4.98 Å². The molecular weight excluding hydrogens is 615 g/mol. The van der Waals surface area contributed by atoms with Gasteiger partial charge >= 0.3 is 5.97 Å². The maximum atomic E-state index is 13.3. The molecule has 11 heteroatoms. The molecule has 0 saturated heterocycles. The number of ether oxygens (including phenoxy) is 1. The summed E-state index contributed by atoms with van der Waals surface area (Å²) in [6, 6.07) is 6.39. The number of benzene rings is 1. The van der Waals surface area contributed by atoms with Crippen molar-refractivity contribution < 1.29 is 37.1 Å². The molecular formula is C34H45NO8S2. The zero-order valence-electron chi connectivity index (χ0n) is 27.0. The van der Waals surface area contributed by atoms with E-state index in [1.165, 1.54) is 23.5 Å². The number of hydrogen-bond donors (Lipinski definition) is 2. The molecule has 0 unspecified atom stereocenters. The average Bonchev–Trinajstić information content (AvgIpc) is 3.43. The van der Waals surface area contributed by atoms with E-state index in [9.17, 15) is 28.2 Å². The number of Topliss-reactive ketones (excluding diaryl/α,β-unsaturated/α-hetero) is 1. The number of hydrogen-bond acceptors (Lipinski definition) is 10. The highest BCUT2D eigenvalue weighted by atomic mass is 32.2. The molecule has 0 fully saturated rings. The van der Waals surface area contributed by atoms with Crippen LogP contribution in [0.25, 0.3) is 6.08 Å². The van der Waals surface area contributed by atoms with E-state index in [-0.39, 0.29) is 23.2 Å². The lowest BCUT2D eigenvalue weighted by molar-refractivity contribution is -0.154. The zero-order valence-corrected chi connectivity index (χ0v) is 28.7. The molecule has 0 saturated carbocycles. The Morgan fingerprint density at radius 2 is 1.80 bits per heavy atom. The van der Waals surface area contributed by atoms with Gasteiger partial charge in [-0.2, -0.15) is 8.42 Å². The second-order valence-corrected chi connectivity index (χ2v) is 15.0. The van der Waals surface area contributed by atoms with Gasteiger partial charge in [-0.15, -0.1) is 11.3 Å². The van der Waals surface area contributed by atoms with E-state index >= 15 is 0 Å². The topological polar surface area (TPSA) is 140 Å². The number of aryl methyl sites for hydroxylation is 1. The summed E-state index contributed by atoms with van der Waals surface area (Å²) < 4.78 is 36.2. The molecule has 2 heterocycles. The van der Waals surface area contributed by atoms with E-state index in [0.717, 1.165) is 11.1 Å². The molecule has 0 radical (unpaired) electrons. The number of cyclic esters (lactones) is 1. The number of carbonyl (C=O) groups excluding carboxylic acids is 2. The number of aliphatic hydroxyl groups excluding tert-OH is 2. The monoisotopic (exact) mass is 659 g/mol. The third-order valence-corrected chi connectivity index (χ3v) is 10.4. The quantitative estimate of drug-likeness (QED) is 0.285. The van der Waals surface area contributed by atoms with Crippen LogP contribution in [0.5, 0.6) is 0 Å². The van der Waals surface area contributed by atoms with Crippen molar-refractivity contribution in [1.82, 2.24) is 4.98 Å². The summed E-state index contributed by atoms with van der Waals surface area (Å²) in [6.45, 7) is 12.1. The number of aromatic nitrogens is 1. The predicted molar refractivity (Wildman–Crippen MR) is 175 cm³/mol. The van der Waals surface area contributed by atoms with Gasteiger partial charge in [0.1, 0.15) is 23.5 Å². The van der Waals surface area contributed by atoms with Crippen molar-refractivity contribution in [3.05, 3.63) is 75.3 Å². The van der Waals surface area contributed by atoms with Gasteiger partial charge in [-0.25, -0.2) is 4.98 Å². The largest absolute Gasteiger partial charge is 0.457 e. The van der Waals surface area contributed by atoms with Gasteiger partial charge in [0.05, 0.1) is 34.6 Å². The molecule has 2 aromatic rings. The zero-order chi connectivity index (χ0) is 33.5. The van der Waals surface area contributed by atoms with E-state index in [1.54, 1.807) is 51.3 Å². The van der Waals surface area contributed by atoms with Crippen molar-refractivity contribution in [2.45, 2.75) is 97.5 Å². The Kier molecular flexibility index (Phi) is 12.6. The first kappa shape index (κ1) is 36.5. The Labute approximate surface area is 270 Å². The van der Waals surface area contributed by atoms with Crippen molar-refractivity contribution in [2.75, 3.05) is 0 Å². The first-order valence-corrected chi connectivity index (χ1v) is 17.3. The molecule has 3 rings (SSSR count). The van der Waals surface area contributed by atoms with Crippen LogP contribution in [-0.2, 0) is 35.2 Å². The summed E-state index contributed by atoms with van der Waals surface area (Å²) in [4.78, 5) is 30.9. The standard InChI is InChI=1S/C34H45NO8S2/c1-21-9-8-10-23(3)32(38)25(5)33(39)34(6,7)29(36)18-31(37)43-28(16-13-21)24(4)17-26-20-44-30(35-26)19-42-45(40,41)27-14-11-22(2)12-15-27/h8-9,11-15,17,20,23,25,28-29,32,36,38H,10,16,18-19H2,1-7H3/b9-8?,21-13?,24-17+/t23-,25+,28-,29-,32-/m0/s1. The van der Waals surface area contributed by atoms with E-state index < -0.39 is 52.2 Å². The Morgan fingerprint density at radius 3 is 2.47 bits per heavy atom. The average molecular weight is 660 g/mol. The number of carbonyl (C=O) groups is 2. The van der Waals surface area contributed by atoms with Gasteiger partial charge in [0.15, 0.2) is 0 Å². The number of esters is 1. The summed E-state index contributed by atoms with van der Waals surface area (Å²) in [5, 5.41) is 24.0. The Morgan fingerprint density at radius 1 is 1.13 bits per heavy atom. The van der Waals surface area contributed by atoms with Crippen LogP contribution in [0.1, 0.15) is 77.1 Å². The lowest BCUT2D eigenvalue weighted by Crippen LogP contribution is -2.45. The maximum absolute atomic E-state index is 13.3. The molecule has 0 bridgehead atoms. The van der Waals surface area contributed by atoms with Gasteiger partial charge in [0.2, 0.25) is 0 Å². The molecule has 1 aliphatic heterocycles. The summed E-state index contributed by atoms with van der Waals surface area (Å²) in [6.07, 6.45) is 5.23. The highest BCUT2D eigenvalue weighted by Gasteiger charge is 2.42.